The Labute approximate surface area is 264 Å². The van der Waals surface area contributed by atoms with Gasteiger partial charge in [0.15, 0.2) is 0 Å². The van der Waals surface area contributed by atoms with Crippen molar-refractivity contribution in [3.05, 3.63) is 96.6 Å². The number of ether oxygens (including phenoxy) is 2. The van der Waals surface area contributed by atoms with Gasteiger partial charge in [0.2, 0.25) is 11.8 Å². The van der Waals surface area contributed by atoms with Crippen molar-refractivity contribution in [1.82, 2.24) is 15.1 Å². The summed E-state index contributed by atoms with van der Waals surface area (Å²) in [5.74, 6) is -1.66. The lowest BCUT2D eigenvalue weighted by Crippen LogP contribution is -2.48. The molecule has 0 spiro atoms. The highest BCUT2D eigenvalue weighted by atomic mass is 16.6. The van der Waals surface area contributed by atoms with Crippen LogP contribution in [0, 0.1) is 5.92 Å². The number of fused-ring (bicyclic) bond motifs is 1. The molecular formula is C35H43N3O7. The summed E-state index contributed by atoms with van der Waals surface area (Å²) in [6.07, 6.45) is 4.78. The molecule has 240 valence electrons. The quantitative estimate of drug-likeness (QED) is 0.243. The third-order valence-corrected chi connectivity index (χ3v) is 8.38. The van der Waals surface area contributed by atoms with Gasteiger partial charge in [-0.3, -0.25) is 9.59 Å². The van der Waals surface area contributed by atoms with Crippen LogP contribution in [0.5, 0.6) is 0 Å². The minimum atomic E-state index is -0.989. The second kappa shape index (κ2) is 16.6. The Morgan fingerprint density at radius 2 is 1.64 bits per heavy atom. The van der Waals surface area contributed by atoms with Crippen molar-refractivity contribution in [2.45, 2.75) is 69.8 Å². The maximum Gasteiger partial charge on any atom is 0.408 e. The van der Waals surface area contributed by atoms with Crippen LogP contribution < -0.4 is 5.32 Å². The van der Waals surface area contributed by atoms with Crippen molar-refractivity contribution in [1.29, 1.82) is 0 Å². The van der Waals surface area contributed by atoms with E-state index in [1.807, 2.05) is 54.6 Å². The average Bonchev–Trinajstić information content (AvgIpc) is 3.54. The summed E-state index contributed by atoms with van der Waals surface area (Å²) in [5.41, 5.74) is 2.97. The van der Waals surface area contributed by atoms with Gasteiger partial charge in [-0.25, -0.2) is 9.59 Å². The van der Waals surface area contributed by atoms with E-state index >= 15 is 0 Å². The number of allylic oxidation sites excluding steroid dienone is 1. The van der Waals surface area contributed by atoms with E-state index in [1.165, 1.54) is 6.08 Å². The van der Waals surface area contributed by atoms with E-state index in [4.69, 9.17) is 9.47 Å². The molecule has 0 aliphatic carbocycles. The third-order valence-electron chi connectivity index (χ3n) is 8.38. The maximum atomic E-state index is 13.8. The fourth-order valence-corrected chi connectivity index (χ4v) is 5.94. The zero-order chi connectivity index (χ0) is 32.2. The van der Waals surface area contributed by atoms with Crippen molar-refractivity contribution in [2.24, 2.45) is 5.92 Å². The SMILES string of the molecule is C=CC[C@H](CC(=O)N1Cc2ccccc2C[C@H]1CO)C(=O)N1CCC[C@H]1COC(=O)[C@@H](CC=C)NC(=O)OCc1ccccc1. The Kier molecular flexibility index (Phi) is 12.3. The number of nitrogens with zero attached hydrogens (tertiary/aromatic N) is 2. The number of rotatable bonds is 14. The largest absolute Gasteiger partial charge is 0.462 e. The Hall–Kier alpha value is -4.44. The molecule has 10 heteroatoms. The van der Waals surface area contributed by atoms with Crippen molar-refractivity contribution >= 4 is 23.9 Å². The number of benzene rings is 2. The Morgan fingerprint density at radius 1 is 0.933 bits per heavy atom. The highest BCUT2D eigenvalue weighted by Crippen LogP contribution is 2.27. The number of aliphatic hydroxyl groups is 1. The van der Waals surface area contributed by atoms with Crippen LogP contribution >= 0.6 is 0 Å². The van der Waals surface area contributed by atoms with Gasteiger partial charge < -0.3 is 29.7 Å². The first kappa shape index (κ1) is 33.5. The molecule has 4 rings (SSSR count). The predicted molar refractivity (Wildman–Crippen MR) is 169 cm³/mol. The molecular weight excluding hydrogens is 574 g/mol. The molecule has 2 aliphatic heterocycles. The van der Waals surface area contributed by atoms with Gasteiger partial charge >= 0.3 is 12.1 Å². The lowest BCUT2D eigenvalue weighted by Gasteiger charge is -2.37. The van der Waals surface area contributed by atoms with Gasteiger partial charge in [0.1, 0.15) is 19.3 Å². The second-order valence-electron chi connectivity index (χ2n) is 11.5. The highest BCUT2D eigenvalue weighted by molar-refractivity contribution is 5.87. The van der Waals surface area contributed by atoms with E-state index < -0.39 is 24.0 Å². The van der Waals surface area contributed by atoms with E-state index in [1.54, 1.807) is 15.9 Å². The van der Waals surface area contributed by atoms with Crippen LogP contribution in [0.4, 0.5) is 4.79 Å². The monoisotopic (exact) mass is 617 g/mol. The molecule has 1 fully saturated rings. The van der Waals surface area contributed by atoms with E-state index in [9.17, 15) is 24.3 Å². The van der Waals surface area contributed by atoms with Gasteiger partial charge in [-0.2, -0.15) is 0 Å². The Morgan fingerprint density at radius 3 is 2.36 bits per heavy atom. The number of esters is 1. The number of aliphatic hydroxyl groups excluding tert-OH is 1. The van der Waals surface area contributed by atoms with Crippen LogP contribution in [-0.2, 0) is 43.4 Å². The molecule has 1 saturated heterocycles. The molecule has 2 N–H and O–H groups in total. The zero-order valence-corrected chi connectivity index (χ0v) is 25.6. The standard InChI is InChI=1S/C35H43N3O7/c1-3-11-27(20-32(40)38-21-28-16-9-8-15-26(28)19-30(38)22-39)33(41)37-18-10-17-29(37)24-44-34(42)31(12-4-2)36-35(43)45-23-25-13-6-5-7-14-25/h3-9,13-16,27,29-31,39H,1-2,10-12,17-24H2,(H,36,43)/t27-,29+,30+,31-/m1/s1. The van der Waals surface area contributed by atoms with Crippen LogP contribution in [0.25, 0.3) is 0 Å². The molecule has 10 nitrogen and oxygen atoms in total. The smallest absolute Gasteiger partial charge is 0.408 e. The van der Waals surface area contributed by atoms with Crippen molar-refractivity contribution in [3.63, 3.8) is 0 Å². The minimum absolute atomic E-state index is 0.0110. The number of nitrogens with one attached hydrogen (secondary N) is 1. The molecule has 2 heterocycles. The number of hydrogen-bond acceptors (Lipinski definition) is 7. The first-order valence-corrected chi connectivity index (χ1v) is 15.5. The summed E-state index contributed by atoms with van der Waals surface area (Å²) >= 11 is 0. The number of carbonyl (C=O) groups excluding carboxylic acids is 4. The molecule has 2 aromatic rings. The second-order valence-corrected chi connectivity index (χ2v) is 11.5. The van der Waals surface area contributed by atoms with Gasteiger partial charge in [-0.05, 0) is 48.8 Å². The first-order chi connectivity index (χ1) is 21.8. The normalized spacial score (nSPS) is 18.7. The molecule has 2 aliphatic rings. The summed E-state index contributed by atoms with van der Waals surface area (Å²) in [5, 5.41) is 12.6. The lowest BCUT2D eigenvalue weighted by molar-refractivity contribution is -0.150. The van der Waals surface area contributed by atoms with E-state index in [0.717, 1.165) is 23.1 Å². The van der Waals surface area contributed by atoms with Crippen LogP contribution in [-0.4, -0.2) is 76.7 Å². The fourth-order valence-electron chi connectivity index (χ4n) is 5.94. The number of carbonyl (C=O) groups is 4. The summed E-state index contributed by atoms with van der Waals surface area (Å²) < 4.78 is 10.8. The number of amides is 3. The highest BCUT2D eigenvalue weighted by Gasteiger charge is 2.37. The molecule has 4 atom stereocenters. The Bertz CT molecular complexity index is 1350. The van der Waals surface area contributed by atoms with E-state index in [2.05, 4.69) is 18.5 Å². The lowest BCUT2D eigenvalue weighted by atomic mass is 9.92. The summed E-state index contributed by atoms with van der Waals surface area (Å²) in [6, 6.07) is 15.4. The van der Waals surface area contributed by atoms with Crippen molar-refractivity contribution in [2.75, 3.05) is 19.8 Å². The molecule has 0 aromatic heterocycles. The number of alkyl carbamates (subject to hydrolysis) is 1. The summed E-state index contributed by atoms with van der Waals surface area (Å²) in [6.45, 7) is 8.20. The molecule has 3 amide bonds. The molecule has 45 heavy (non-hydrogen) atoms. The molecule has 0 bridgehead atoms. The topological polar surface area (TPSA) is 125 Å². The van der Waals surface area contributed by atoms with Crippen molar-refractivity contribution in [3.8, 4) is 0 Å². The molecule has 0 radical (unpaired) electrons. The van der Waals surface area contributed by atoms with Crippen LogP contribution in [0.2, 0.25) is 0 Å². The van der Waals surface area contributed by atoms with Crippen LogP contribution in [0.1, 0.15) is 48.8 Å². The van der Waals surface area contributed by atoms with Gasteiger partial charge in [0, 0.05) is 19.5 Å². The number of hydrogen-bond donors (Lipinski definition) is 2. The third kappa shape index (κ3) is 9.04. The fraction of sp³-hybridized carbons (Fsp3) is 0.429. The Balaban J connectivity index is 1.33. The van der Waals surface area contributed by atoms with Gasteiger partial charge in [0.05, 0.1) is 24.6 Å². The first-order valence-electron chi connectivity index (χ1n) is 15.5. The molecule has 0 unspecified atom stereocenters. The molecule has 0 saturated carbocycles. The van der Waals surface area contributed by atoms with Crippen LogP contribution in [0.3, 0.4) is 0 Å². The maximum absolute atomic E-state index is 13.8. The average molecular weight is 618 g/mol. The summed E-state index contributed by atoms with van der Waals surface area (Å²) in [4.78, 5) is 56.0. The van der Waals surface area contributed by atoms with Crippen LogP contribution in [0.15, 0.2) is 79.9 Å². The van der Waals surface area contributed by atoms with E-state index in [-0.39, 0.29) is 56.6 Å². The van der Waals surface area contributed by atoms with E-state index in [0.29, 0.717) is 32.4 Å². The molecule has 2 aromatic carbocycles. The van der Waals surface area contributed by atoms with Gasteiger partial charge in [-0.1, -0.05) is 66.7 Å². The number of likely N-dealkylation sites (tertiary alicyclic amines) is 1. The predicted octanol–water partition coefficient (Wildman–Crippen LogP) is 3.92. The van der Waals surface area contributed by atoms with Crippen molar-refractivity contribution < 1.29 is 33.8 Å². The zero-order valence-electron chi connectivity index (χ0n) is 25.6. The van der Waals surface area contributed by atoms with Gasteiger partial charge in [0.25, 0.3) is 0 Å². The minimum Gasteiger partial charge on any atom is -0.462 e. The summed E-state index contributed by atoms with van der Waals surface area (Å²) in [7, 11) is 0. The van der Waals surface area contributed by atoms with Gasteiger partial charge in [-0.15, -0.1) is 13.2 Å².